The van der Waals surface area contributed by atoms with Gasteiger partial charge in [0.2, 0.25) is 5.91 Å². The van der Waals surface area contributed by atoms with Gasteiger partial charge in [-0.1, -0.05) is 19.3 Å². The summed E-state index contributed by atoms with van der Waals surface area (Å²) in [5, 5.41) is 12.4. The Kier molecular flexibility index (Phi) is 6.31. The highest BCUT2D eigenvalue weighted by molar-refractivity contribution is 5.76. The third-order valence-corrected chi connectivity index (χ3v) is 4.37. The summed E-state index contributed by atoms with van der Waals surface area (Å²) in [7, 11) is 0. The van der Waals surface area contributed by atoms with E-state index in [9.17, 15) is 18.7 Å². The fourth-order valence-electron chi connectivity index (χ4n) is 3.06. The highest BCUT2D eigenvalue weighted by atomic mass is 19.1. The molecule has 1 saturated carbocycles. The minimum atomic E-state index is -0.499. The number of amides is 1. The van der Waals surface area contributed by atoms with Crippen LogP contribution in [0.3, 0.4) is 0 Å². The van der Waals surface area contributed by atoms with Crippen molar-refractivity contribution >= 4 is 5.91 Å². The standard InChI is InChI=1S/C17H23F2NO2/c18-14-7-8-15(19)12(10-14)6-9-17(22)20-16-5-3-1-2-4-13(16)11-21/h7-8,10,13,16,21H,1-6,9,11H2,(H,20,22). The lowest BCUT2D eigenvalue weighted by atomic mass is 9.95. The molecule has 22 heavy (non-hydrogen) atoms. The average Bonchev–Trinajstić information content (AvgIpc) is 2.73. The SMILES string of the molecule is O=C(CCc1cc(F)ccc1F)NC1CCCCCC1CO. The average molecular weight is 311 g/mol. The van der Waals surface area contributed by atoms with Crippen LogP contribution in [0.15, 0.2) is 18.2 Å². The predicted molar refractivity (Wildman–Crippen MR) is 80.3 cm³/mol. The Morgan fingerprint density at radius 1 is 1.23 bits per heavy atom. The molecule has 1 amide bonds. The van der Waals surface area contributed by atoms with Gasteiger partial charge in [0.15, 0.2) is 0 Å². The first kappa shape index (κ1) is 16.9. The second kappa shape index (κ2) is 8.22. The molecule has 0 aromatic heterocycles. The summed E-state index contributed by atoms with van der Waals surface area (Å²) in [6.45, 7) is 0.0729. The number of hydrogen-bond acceptors (Lipinski definition) is 2. The van der Waals surface area contributed by atoms with Crippen molar-refractivity contribution in [2.45, 2.75) is 51.0 Å². The molecule has 0 aliphatic heterocycles. The molecular formula is C17H23F2NO2. The van der Waals surface area contributed by atoms with Crippen molar-refractivity contribution < 1.29 is 18.7 Å². The number of nitrogens with one attached hydrogen (secondary N) is 1. The summed E-state index contributed by atoms with van der Waals surface area (Å²) in [4.78, 5) is 12.0. The van der Waals surface area contributed by atoms with Crippen molar-refractivity contribution in [1.82, 2.24) is 5.32 Å². The number of aliphatic hydroxyl groups is 1. The number of carbonyl (C=O) groups is 1. The van der Waals surface area contributed by atoms with Crippen molar-refractivity contribution in [2.75, 3.05) is 6.61 Å². The van der Waals surface area contributed by atoms with E-state index < -0.39 is 11.6 Å². The van der Waals surface area contributed by atoms with Crippen LogP contribution in [0, 0.1) is 17.6 Å². The number of benzene rings is 1. The van der Waals surface area contributed by atoms with Crippen LogP contribution < -0.4 is 5.32 Å². The van der Waals surface area contributed by atoms with Gasteiger partial charge in [-0.2, -0.15) is 0 Å². The van der Waals surface area contributed by atoms with E-state index in [-0.39, 0.29) is 42.9 Å². The minimum Gasteiger partial charge on any atom is -0.396 e. The number of rotatable bonds is 5. The molecule has 2 rings (SSSR count). The van der Waals surface area contributed by atoms with E-state index in [1.54, 1.807) is 0 Å². The van der Waals surface area contributed by atoms with Crippen LogP contribution in [0.1, 0.15) is 44.1 Å². The van der Waals surface area contributed by atoms with Gasteiger partial charge in [0.25, 0.3) is 0 Å². The molecule has 5 heteroatoms. The fourth-order valence-corrected chi connectivity index (χ4v) is 3.06. The van der Waals surface area contributed by atoms with Gasteiger partial charge in [0.05, 0.1) is 0 Å². The highest BCUT2D eigenvalue weighted by Crippen LogP contribution is 2.23. The predicted octanol–water partition coefficient (Wildman–Crippen LogP) is 2.95. The molecule has 1 aromatic carbocycles. The Balaban J connectivity index is 1.87. The second-order valence-electron chi connectivity index (χ2n) is 5.99. The third-order valence-electron chi connectivity index (χ3n) is 4.37. The maximum atomic E-state index is 13.5. The molecule has 0 heterocycles. The number of aliphatic hydroxyl groups excluding tert-OH is 1. The first-order valence-electron chi connectivity index (χ1n) is 7.94. The highest BCUT2D eigenvalue weighted by Gasteiger charge is 2.24. The van der Waals surface area contributed by atoms with E-state index in [2.05, 4.69) is 5.32 Å². The Hall–Kier alpha value is -1.49. The number of halogens is 2. The minimum absolute atomic E-state index is 0.0163. The van der Waals surface area contributed by atoms with Crippen molar-refractivity contribution in [3.8, 4) is 0 Å². The van der Waals surface area contributed by atoms with Crippen LogP contribution in [-0.2, 0) is 11.2 Å². The first-order valence-corrected chi connectivity index (χ1v) is 7.94. The summed E-state index contributed by atoms with van der Waals surface area (Å²) >= 11 is 0. The van der Waals surface area contributed by atoms with Crippen molar-refractivity contribution in [2.24, 2.45) is 5.92 Å². The second-order valence-corrected chi connectivity index (χ2v) is 5.99. The third kappa shape index (κ3) is 4.77. The normalized spacial score (nSPS) is 22.1. The Bertz CT molecular complexity index is 507. The molecule has 3 nitrogen and oxygen atoms in total. The Morgan fingerprint density at radius 2 is 2.00 bits per heavy atom. The maximum Gasteiger partial charge on any atom is 0.220 e. The summed E-state index contributed by atoms with van der Waals surface area (Å²) in [6.07, 6.45) is 5.32. The Morgan fingerprint density at radius 3 is 2.77 bits per heavy atom. The first-order chi connectivity index (χ1) is 10.6. The molecule has 0 radical (unpaired) electrons. The molecule has 2 unspecified atom stereocenters. The monoisotopic (exact) mass is 311 g/mol. The van der Waals surface area contributed by atoms with Crippen LogP contribution in [0.4, 0.5) is 8.78 Å². The van der Waals surface area contributed by atoms with Crippen LogP contribution in [-0.4, -0.2) is 23.7 Å². The molecular weight excluding hydrogens is 288 g/mol. The van der Waals surface area contributed by atoms with E-state index in [0.717, 1.165) is 50.3 Å². The van der Waals surface area contributed by atoms with Crippen molar-refractivity contribution in [1.29, 1.82) is 0 Å². The van der Waals surface area contributed by atoms with Crippen LogP contribution in [0.5, 0.6) is 0 Å². The van der Waals surface area contributed by atoms with Gasteiger partial charge < -0.3 is 10.4 Å². The molecule has 2 atom stereocenters. The lowest BCUT2D eigenvalue weighted by Crippen LogP contribution is -2.41. The smallest absolute Gasteiger partial charge is 0.220 e. The van der Waals surface area contributed by atoms with Crippen LogP contribution in [0.2, 0.25) is 0 Å². The molecule has 2 N–H and O–H groups in total. The van der Waals surface area contributed by atoms with Crippen LogP contribution >= 0.6 is 0 Å². The van der Waals surface area contributed by atoms with Gasteiger partial charge in [0.1, 0.15) is 11.6 Å². The molecule has 1 aliphatic rings. The molecule has 1 fully saturated rings. The van der Waals surface area contributed by atoms with E-state index in [1.165, 1.54) is 0 Å². The summed E-state index contributed by atoms with van der Waals surface area (Å²) in [5.41, 5.74) is 0.217. The lowest BCUT2D eigenvalue weighted by molar-refractivity contribution is -0.122. The lowest BCUT2D eigenvalue weighted by Gasteiger charge is -2.24. The Labute approximate surface area is 129 Å². The van der Waals surface area contributed by atoms with Crippen molar-refractivity contribution in [3.05, 3.63) is 35.4 Å². The van der Waals surface area contributed by atoms with E-state index >= 15 is 0 Å². The van der Waals surface area contributed by atoms with Crippen LogP contribution in [0.25, 0.3) is 0 Å². The van der Waals surface area contributed by atoms with Gasteiger partial charge in [-0.15, -0.1) is 0 Å². The van der Waals surface area contributed by atoms with Gasteiger partial charge in [0, 0.05) is 25.0 Å². The zero-order chi connectivity index (χ0) is 15.9. The molecule has 0 spiro atoms. The quantitative estimate of drug-likeness (QED) is 0.821. The number of carbonyl (C=O) groups excluding carboxylic acids is 1. The molecule has 0 saturated heterocycles. The zero-order valence-corrected chi connectivity index (χ0v) is 12.7. The van der Waals surface area contributed by atoms with Crippen molar-refractivity contribution in [3.63, 3.8) is 0 Å². The van der Waals surface area contributed by atoms with E-state index in [4.69, 9.17) is 0 Å². The van der Waals surface area contributed by atoms with E-state index in [0.29, 0.717) is 0 Å². The van der Waals surface area contributed by atoms with Gasteiger partial charge in [-0.25, -0.2) is 8.78 Å². The van der Waals surface area contributed by atoms with Gasteiger partial charge >= 0.3 is 0 Å². The molecule has 122 valence electrons. The zero-order valence-electron chi connectivity index (χ0n) is 12.7. The fraction of sp³-hybridized carbons (Fsp3) is 0.588. The summed E-state index contributed by atoms with van der Waals surface area (Å²) < 4.78 is 26.6. The van der Waals surface area contributed by atoms with Gasteiger partial charge in [-0.05, 0) is 43.0 Å². The van der Waals surface area contributed by atoms with E-state index in [1.807, 2.05) is 0 Å². The summed E-state index contributed by atoms with van der Waals surface area (Å²) in [5.74, 6) is -1.07. The number of aryl methyl sites for hydroxylation is 1. The molecule has 1 aromatic rings. The topological polar surface area (TPSA) is 49.3 Å². The number of hydrogen-bond donors (Lipinski definition) is 2. The largest absolute Gasteiger partial charge is 0.396 e. The molecule has 0 bridgehead atoms. The molecule has 1 aliphatic carbocycles. The summed E-state index contributed by atoms with van der Waals surface area (Å²) in [6, 6.07) is 3.26. The van der Waals surface area contributed by atoms with Gasteiger partial charge in [-0.3, -0.25) is 4.79 Å². The maximum absolute atomic E-state index is 13.5.